The molecule has 0 saturated heterocycles. The number of carbonyl (C=O) groups excluding carboxylic acids is 1. The molecule has 2 aromatic carbocycles. The Morgan fingerprint density at radius 1 is 1.04 bits per heavy atom. The van der Waals surface area contributed by atoms with Crippen molar-refractivity contribution >= 4 is 11.6 Å². The number of nitrogens with zero attached hydrogens (tertiary/aromatic N) is 2. The number of methoxy groups -OCH3 is 2. The molecule has 7 heteroatoms. The van der Waals surface area contributed by atoms with Crippen LogP contribution >= 0.6 is 0 Å². The van der Waals surface area contributed by atoms with Gasteiger partial charge in [0.05, 0.1) is 19.9 Å². The maximum Gasteiger partial charge on any atom is 0.255 e. The molecular formula is C18H17N3O4. The van der Waals surface area contributed by atoms with Crippen LogP contribution in [0.2, 0.25) is 0 Å². The number of hydrogen-bond acceptors (Lipinski definition) is 6. The Bertz CT molecular complexity index is 888. The maximum absolute atomic E-state index is 12.5. The first-order valence-electron chi connectivity index (χ1n) is 7.54. The van der Waals surface area contributed by atoms with Crippen LogP contribution < -0.4 is 14.8 Å². The summed E-state index contributed by atoms with van der Waals surface area (Å²) in [5.41, 5.74) is 1.77. The van der Waals surface area contributed by atoms with E-state index in [1.165, 1.54) is 0 Å². The number of rotatable bonds is 5. The molecule has 25 heavy (non-hydrogen) atoms. The lowest BCUT2D eigenvalue weighted by atomic mass is 10.1. The predicted molar refractivity (Wildman–Crippen MR) is 92.0 cm³/mol. The van der Waals surface area contributed by atoms with Crippen LogP contribution in [-0.4, -0.2) is 30.3 Å². The van der Waals surface area contributed by atoms with Crippen molar-refractivity contribution in [1.29, 1.82) is 0 Å². The van der Waals surface area contributed by atoms with E-state index in [0.29, 0.717) is 34.5 Å². The van der Waals surface area contributed by atoms with Crippen LogP contribution in [0.3, 0.4) is 0 Å². The fourth-order valence-corrected chi connectivity index (χ4v) is 2.28. The largest absolute Gasteiger partial charge is 0.497 e. The number of aryl methyl sites for hydroxylation is 1. The molecule has 0 unspecified atom stereocenters. The van der Waals surface area contributed by atoms with Crippen molar-refractivity contribution in [2.24, 2.45) is 0 Å². The Hall–Kier alpha value is -3.35. The number of nitrogens with one attached hydrogen (secondary N) is 1. The average Bonchev–Trinajstić information content (AvgIpc) is 3.08. The Balaban J connectivity index is 1.80. The summed E-state index contributed by atoms with van der Waals surface area (Å²) in [6.07, 6.45) is 0. The van der Waals surface area contributed by atoms with Crippen molar-refractivity contribution in [2.45, 2.75) is 6.92 Å². The third-order valence-electron chi connectivity index (χ3n) is 3.57. The zero-order valence-electron chi connectivity index (χ0n) is 14.1. The van der Waals surface area contributed by atoms with Gasteiger partial charge in [0, 0.05) is 24.1 Å². The van der Waals surface area contributed by atoms with Crippen LogP contribution in [0.4, 0.5) is 5.69 Å². The molecule has 128 valence electrons. The summed E-state index contributed by atoms with van der Waals surface area (Å²) >= 11 is 0. The second-order valence-electron chi connectivity index (χ2n) is 5.22. The Morgan fingerprint density at radius 2 is 1.80 bits per heavy atom. The maximum atomic E-state index is 12.5. The van der Waals surface area contributed by atoms with Gasteiger partial charge in [0.1, 0.15) is 11.5 Å². The number of anilines is 1. The van der Waals surface area contributed by atoms with Crippen LogP contribution in [0.5, 0.6) is 11.5 Å². The molecule has 1 aromatic heterocycles. The van der Waals surface area contributed by atoms with Crippen molar-refractivity contribution in [2.75, 3.05) is 19.5 Å². The highest BCUT2D eigenvalue weighted by Crippen LogP contribution is 2.29. The fraction of sp³-hybridized carbons (Fsp3) is 0.167. The summed E-state index contributed by atoms with van der Waals surface area (Å²) in [7, 11) is 3.10. The number of aromatic nitrogens is 2. The topological polar surface area (TPSA) is 86.5 Å². The van der Waals surface area contributed by atoms with Crippen molar-refractivity contribution < 1.29 is 18.7 Å². The van der Waals surface area contributed by atoms with Gasteiger partial charge in [0.2, 0.25) is 11.8 Å². The van der Waals surface area contributed by atoms with Crippen molar-refractivity contribution in [3.8, 4) is 23.0 Å². The Labute approximate surface area is 144 Å². The molecule has 3 rings (SSSR count). The highest BCUT2D eigenvalue weighted by Gasteiger charge is 2.12. The standard InChI is InChI=1S/C18H17N3O4/c1-11-20-21-18(25-11)13-6-4-12(5-7-13)17(22)19-15-10-14(23-2)8-9-16(15)24-3/h4-10H,1-3H3,(H,19,22). The van der Waals surface area contributed by atoms with Crippen LogP contribution in [0.25, 0.3) is 11.5 Å². The van der Waals surface area contributed by atoms with E-state index in [-0.39, 0.29) is 5.91 Å². The predicted octanol–water partition coefficient (Wildman–Crippen LogP) is 3.31. The summed E-state index contributed by atoms with van der Waals surface area (Å²) in [6, 6.07) is 12.1. The number of carbonyl (C=O) groups is 1. The first-order chi connectivity index (χ1) is 12.1. The molecule has 0 saturated carbocycles. The van der Waals surface area contributed by atoms with Crippen molar-refractivity contribution in [3.05, 3.63) is 53.9 Å². The van der Waals surface area contributed by atoms with Gasteiger partial charge in [-0.1, -0.05) is 0 Å². The lowest BCUT2D eigenvalue weighted by Crippen LogP contribution is -2.12. The quantitative estimate of drug-likeness (QED) is 0.767. The van der Waals surface area contributed by atoms with E-state index < -0.39 is 0 Å². The first kappa shape index (κ1) is 16.5. The summed E-state index contributed by atoms with van der Waals surface area (Å²) in [5.74, 6) is 1.81. The van der Waals surface area contributed by atoms with Gasteiger partial charge in [-0.25, -0.2) is 0 Å². The molecule has 0 radical (unpaired) electrons. The zero-order chi connectivity index (χ0) is 17.8. The second kappa shape index (κ2) is 7.04. The monoisotopic (exact) mass is 339 g/mol. The van der Waals surface area contributed by atoms with Gasteiger partial charge in [0.25, 0.3) is 5.91 Å². The molecule has 0 bridgehead atoms. The second-order valence-corrected chi connectivity index (χ2v) is 5.22. The molecule has 0 atom stereocenters. The number of benzene rings is 2. The van der Waals surface area contributed by atoms with Crippen LogP contribution in [0.15, 0.2) is 46.9 Å². The summed E-state index contributed by atoms with van der Waals surface area (Å²) in [6.45, 7) is 1.72. The SMILES string of the molecule is COc1ccc(OC)c(NC(=O)c2ccc(-c3nnc(C)o3)cc2)c1. The van der Waals surface area contributed by atoms with E-state index in [1.807, 2.05) is 0 Å². The molecule has 1 N–H and O–H groups in total. The minimum Gasteiger partial charge on any atom is -0.497 e. The summed E-state index contributed by atoms with van der Waals surface area (Å²) < 4.78 is 15.8. The molecule has 1 heterocycles. The van der Waals surface area contributed by atoms with Gasteiger partial charge in [0.15, 0.2) is 0 Å². The van der Waals surface area contributed by atoms with Crippen LogP contribution in [0.1, 0.15) is 16.2 Å². The highest BCUT2D eigenvalue weighted by molar-refractivity contribution is 6.05. The molecule has 0 aliphatic carbocycles. The first-order valence-corrected chi connectivity index (χ1v) is 7.54. The van der Waals surface area contributed by atoms with Crippen molar-refractivity contribution in [1.82, 2.24) is 10.2 Å². The van der Waals surface area contributed by atoms with Crippen LogP contribution in [0, 0.1) is 6.92 Å². The van der Waals surface area contributed by atoms with E-state index in [0.717, 1.165) is 5.56 Å². The number of ether oxygens (including phenoxy) is 2. The molecule has 3 aromatic rings. The molecular weight excluding hydrogens is 322 g/mol. The van der Waals surface area contributed by atoms with Gasteiger partial charge in [-0.3, -0.25) is 4.79 Å². The smallest absolute Gasteiger partial charge is 0.255 e. The molecule has 7 nitrogen and oxygen atoms in total. The van der Waals surface area contributed by atoms with Crippen LogP contribution in [-0.2, 0) is 0 Å². The van der Waals surface area contributed by atoms with E-state index in [1.54, 1.807) is 63.6 Å². The van der Waals surface area contributed by atoms with E-state index >= 15 is 0 Å². The third-order valence-corrected chi connectivity index (χ3v) is 3.57. The normalized spacial score (nSPS) is 10.4. The molecule has 1 amide bonds. The van der Waals surface area contributed by atoms with Gasteiger partial charge >= 0.3 is 0 Å². The lowest BCUT2D eigenvalue weighted by molar-refractivity contribution is 0.102. The fourth-order valence-electron chi connectivity index (χ4n) is 2.28. The Kier molecular flexibility index (Phi) is 4.65. The summed E-state index contributed by atoms with van der Waals surface area (Å²) in [5, 5.41) is 10.6. The van der Waals surface area contributed by atoms with Gasteiger partial charge in [-0.05, 0) is 36.4 Å². The lowest BCUT2D eigenvalue weighted by Gasteiger charge is -2.12. The van der Waals surface area contributed by atoms with E-state index in [4.69, 9.17) is 13.9 Å². The minimum absolute atomic E-state index is 0.264. The van der Waals surface area contributed by atoms with Gasteiger partial charge in [-0.15, -0.1) is 10.2 Å². The molecule has 0 aliphatic rings. The molecule has 0 aliphatic heterocycles. The molecule has 0 fully saturated rings. The minimum atomic E-state index is -0.264. The number of amides is 1. The Morgan fingerprint density at radius 3 is 2.40 bits per heavy atom. The highest BCUT2D eigenvalue weighted by atomic mass is 16.5. The third kappa shape index (κ3) is 3.60. The van der Waals surface area contributed by atoms with Gasteiger partial charge < -0.3 is 19.2 Å². The van der Waals surface area contributed by atoms with E-state index in [2.05, 4.69) is 15.5 Å². The average molecular weight is 339 g/mol. The van der Waals surface area contributed by atoms with Crippen molar-refractivity contribution in [3.63, 3.8) is 0 Å². The summed E-state index contributed by atoms with van der Waals surface area (Å²) in [4.78, 5) is 12.5. The van der Waals surface area contributed by atoms with Gasteiger partial charge in [-0.2, -0.15) is 0 Å². The van der Waals surface area contributed by atoms with E-state index in [9.17, 15) is 4.79 Å². The zero-order valence-corrected chi connectivity index (χ0v) is 14.1. The number of hydrogen-bond donors (Lipinski definition) is 1. The molecule has 0 spiro atoms.